The van der Waals surface area contributed by atoms with Gasteiger partial charge in [-0.05, 0) is 35.8 Å². The number of hydrogen-bond donors (Lipinski definition) is 0. The lowest BCUT2D eigenvalue weighted by Crippen LogP contribution is -2.70. The molecular formula is C24H25BN2S. The maximum Gasteiger partial charge on any atom is 0.185 e. The molecule has 0 saturated carbocycles. The molecule has 0 spiro atoms. The van der Waals surface area contributed by atoms with Crippen molar-refractivity contribution in [2.24, 2.45) is 0 Å². The number of hydrogen-bond acceptors (Lipinski definition) is 2. The summed E-state index contributed by atoms with van der Waals surface area (Å²) in [5.41, 5.74) is 7.13. The maximum absolute atomic E-state index is 10.7. The number of aryl methyl sites for hydroxylation is 2. The van der Waals surface area contributed by atoms with Gasteiger partial charge in [0.15, 0.2) is 6.15 Å². The van der Waals surface area contributed by atoms with E-state index in [0.29, 0.717) is 0 Å². The molecule has 1 heterocycles. The summed E-state index contributed by atoms with van der Waals surface area (Å²) in [4.78, 5) is 2.38. The van der Waals surface area contributed by atoms with E-state index in [-0.39, 0.29) is 0 Å². The van der Waals surface area contributed by atoms with Crippen molar-refractivity contribution in [1.82, 2.24) is 4.48 Å². The highest BCUT2D eigenvalue weighted by molar-refractivity contribution is 8.00. The summed E-state index contributed by atoms with van der Waals surface area (Å²) in [5.74, 6) is 2.83. The Bertz CT molecular complexity index is 1050. The van der Waals surface area contributed by atoms with Crippen molar-refractivity contribution in [3.8, 4) is 5.97 Å². The molecule has 0 aliphatic carbocycles. The van der Waals surface area contributed by atoms with E-state index in [1.54, 1.807) is 11.8 Å². The Balaban J connectivity index is 2.11. The Kier molecular flexibility index (Phi) is 4.41. The molecule has 0 amide bonds. The predicted molar refractivity (Wildman–Crippen MR) is 123 cm³/mol. The molecule has 0 radical (unpaired) electrons. The van der Waals surface area contributed by atoms with Gasteiger partial charge in [0.05, 0.1) is 21.1 Å². The van der Waals surface area contributed by atoms with Gasteiger partial charge in [-0.25, -0.2) is 5.26 Å². The third-order valence-corrected chi connectivity index (χ3v) is 7.15. The summed E-state index contributed by atoms with van der Waals surface area (Å²) in [6.07, 6.45) is -1.68. The number of fused-ring (bicyclic) bond motifs is 2. The molecule has 0 fully saturated rings. The second-order valence-corrected chi connectivity index (χ2v) is 9.76. The van der Waals surface area contributed by atoms with Gasteiger partial charge >= 0.3 is 0 Å². The lowest BCUT2D eigenvalue weighted by molar-refractivity contribution is 0.486. The molecule has 1 aliphatic rings. The number of nitrogens with zero attached hydrogens (tertiary/aromatic N) is 2. The van der Waals surface area contributed by atoms with Crippen LogP contribution in [0.15, 0.2) is 70.5 Å². The maximum atomic E-state index is 10.7. The van der Waals surface area contributed by atoms with Crippen LogP contribution in [0.4, 0.5) is 5.69 Å². The predicted octanol–water partition coefficient (Wildman–Crippen LogP) is 3.50. The van der Waals surface area contributed by atoms with Gasteiger partial charge in [0.25, 0.3) is 0 Å². The van der Waals surface area contributed by atoms with E-state index in [1.807, 2.05) is 0 Å². The van der Waals surface area contributed by atoms with Crippen LogP contribution in [0, 0.1) is 25.1 Å². The van der Waals surface area contributed by atoms with Crippen LogP contribution in [-0.2, 0) is 0 Å². The van der Waals surface area contributed by atoms with E-state index >= 15 is 0 Å². The standard InChI is InChI=1S/C24H25BN2S/c1-17-14-19(27(3,4)5)15-18(2)24(17)25(16-26)20-10-6-8-12-22(20)28-23-13-9-7-11-21(23)25/h6-15H,1-5H3. The quantitative estimate of drug-likeness (QED) is 0.499. The van der Waals surface area contributed by atoms with Crippen LogP contribution in [0.2, 0.25) is 0 Å². The van der Waals surface area contributed by atoms with Gasteiger partial charge in [-0.3, -0.25) is 4.48 Å². The van der Waals surface area contributed by atoms with Gasteiger partial charge in [0.1, 0.15) is 5.69 Å². The van der Waals surface area contributed by atoms with E-state index in [2.05, 4.69) is 102 Å². The Morgan fingerprint density at radius 3 is 1.71 bits per heavy atom. The van der Waals surface area contributed by atoms with Crippen molar-refractivity contribution in [2.45, 2.75) is 23.6 Å². The molecular weight excluding hydrogens is 359 g/mol. The normalized spacial score (nSPS) is 14.7. The largest absolute Gasteiger partial charge is 0.298 e. The van der Waals surface area contributed by atoms with Crippen molar-refractivity contribution in [3.05, 3.63) is 71.8 Å². The first kappa shape index (κ1) is 18.9. The van der Waals surface area contributed by atoms with E-state index < -0.39 is 6.15 Å². The molecule has 2 nitrogen and oxygen atoms in total. The van der Waals surface area contributed by atoms with Crippen LogP contribution in [0.3, 0.4) is 0 Å². The zero-order valence-electron chi connectivity index (χ0n) is 17.2. The Labute approximate surface area is 172 Å². The Morgan fingerprint density at radius 1 is 0.821 bits per heavy atom. The van der Waals surface area contributed by atoms with Crippen LogP contribution >= 0.6 is 11.8 Å². The highest BCUT2D eigenvalue weighted by atomic mass is 32.2. The first-order valence-corrected chi connectivity index (χ1v) is 10.5. The number of quaternary nitrogens is 1. The monoisotopic (exact) mass is 384 g/mol. The summed E-state index contributed by atoms with van der Waals surface area (Å²) in [7, 11) is 6.54. The van der Waals surface area contributed by atoms with Crippen LogP contribution in [0.5, 0.6) is 0 Å². The molecule has 4 rings (SSSR count). The Morgan fingerprint density at radius 2 is 1.29 bits per heavy atom. The summed E-state index contributed by atoms with van der Waals surface area (Å²) in [6, 6.07) is 21.4. The van der Waals surface area contributed by atoms with Crippen LogP contribution in [-0.4, -0.2) is 27.3 Å². The van der Waals surface area contributed by atoms with Gasteiger partial charge in [-0.15, -0.1) is 5.97 Å². The molecule has 3 aromatic rings. The number of nitriles is 1. The molecule has 0 atom stereocenters. The molecule has 28 heavy (non-hydrogen) atoms. The van der Waals surface area contributed by atoms with Crippen molar-refractivity contribution in [3.63, 3.8) is 0 Å². The van der Waals surface area contributed by atoms with Gasteiger partial charge in [-0.2, -0.15) is 16.4 Å². The lowest BCUT2D eigenvalue weighted by atomic mass is 9.15. The fraction of sp³-hybridized carbons (Fsp3) is 0.208. The van der Waals surface area contributed by atoms with Crippen molar-refractivity contribution in [2.75, 3.05) is 21.1 Å². The van der Waals surface area contributed by atoms with E-state index in [9.17, 15) is 5.26 Å². The molecule has 1 aliphatic heterocycles. The average Bonchev–Trinajstić information content (AvgIpc) is 2.66. The minimum Gasteiger partial charge on any atom is -0.298 e. The van der Waals surface area contributed by atoms with Gasteiger partial charge in [0.2, 0.25) is 0 Å². The van der Waals surface area contributed by atoms with E-state index in [0.717, 1.165) is 15.4 Å². The van der Waals surface area contributed by atoms with Crippen molar-refractivity contribution in [1.29, 1.82) is 5.26 Å². The third kappa shape index (κ3) is 2.70. The molecule has 0 saturated heterocycles. The zero-order valence-corrected chi connectivity index (χ0v) is 18.0. The zero-order chi connectivity index (χ0) is 20.1. The lowest BCUT2D eigenvalue weighted by Gasteiger charge is -2.44. The van der Waals surface area contributed by atoms with Crippen molar-refractivity contribution >= 4 is 40.0 Å². The SMILES string of the molecule is Cc1cc([N+](C)(C)C)cc(C)c1[B-]1(C#N)c2ccccc2Sc2ccccc21. The second-order valence-electron chi connectivity index (χ2n) is 8.68. The molecule has 0 bridgehead atoms. The minimum atomic E-state index is -1.68. The first-order chi connectivity index (χ1) is 13.3. The topological polar surface area (TPSA) is 23.8 Å². The van der Waals surface area contributed by atoms with Crippen LogP contribution < -0.4 is 20.9 Å². The van der Waals surface area contributed by atoms with Crippen molar-refractivity contribution < 1.29 is 0 Å². The van der Waals surface area contributed by atoms with Gasteiger partial charge < -0.3 is 0 Å². The molecule has 0 aromatic heterocycles. The third-order valence-electron chi connectivity index (χ3n) is 5.97. The van der Waals surface area contributed by atoms with Crippen LogP contribution in [0.25, 0.3) is 0 Å². The Hall–Kier alpha value is -2.48. The molecule has 3 aromatic carbocycles. The van der Waals surface area contributed by atoms with Gasteiger partial charge in [-0.1, -0.05) is 71.4 Å². The highest BCUT2D eigenvalue weighted by Gasteiger charge is 2.39. The summed E-state index contributed by atoms with van der Waals surface area (Å²) in [5, 5.41) is 10.7. The summed E-state index contributed by atoms with van der Waals surface area (Å²) >= 11 is 1.78. The molecule has 0 N–H and O–H groups in total. The fourth-order valence-electron chi connectivity index (χ4n) is 4.69. The van der Waals surface area contributed by atoms with Crippen LogP contribution in [0.1, 0.15) is 11.1 Å². The number of benzene rings is 3. The highest BCUT2D eigenvalue weighted by Crippen LogP contribution is 2.33. The molecule has 140 valence electrons. The number of rotatable bonds is 2. The first-order valence-electron chi connectivity index (χ1n) is 9.66. The smallest absolute Gasteiger partial charge is 0.185 e. The summed E-state index contributed by atoms with van der Waals surface area (Å²) in [6.45, 7) is 4.32. The molecule has 4 heteroatoms. The average molecular weight is 384 g/mol. The van der Waals surface area contributed by atoms with E-state index in [1.165, 1.54) is 32.1 Å². The molecule has 0 unspecified atom stereocenters. The van der Waals surface area contributed by atoms with E-state index in [4.69, 9.17) is 0 Å². The second kappa shape index (κ2) is 6.55. The van der Waals surface area contributed by atoms with Gasteiger partial charge in [0, 0.05) is 0 Å². The minimum absolute atomic E-state index is 0.761. The fourth-order valence-corrected chi connectivity index (χ4v) is 5.94. The summed E-state index contributed by atoms with van der Waals surface area (Å²) < 4.78 is 0.761.